The van der Waals surface area contributed by atoms with Gasteiger partial charge in [0.2, 0.25) is 0 Å². The molecule has 16 heavy (non-hydrogen) atoms. The summed E-state index contributed by atoms with van der Waals surface area (Å²) in [6, 6.07) is 8.59. The highest BCUT2D eigenvalue weighted by atomic mass is 35.5. The van der Waals surface area contributed by atoms with E-state index in [0.29, 0.717) is 6.04 Å². The summed E-state index contributed by atoms with van der Waals surface area (Å²) in [6.07, 6.45) is 6.77. The molecule has 0 aromatic heterocycles. The number of nitrogens with zero attached hydrogens (tertiary/aromatic N) is 1. The molecule has 1 aliphatic heterocycles. The van der Waals surface area contributed by atoms with Gasteiger partial charge in [-0.3, -0.25) is 4.84 Å². The second-order valence-electron chi connectivity index (χ2n) is 4.66. The summed E-state index contributed by atoms with van der Waals surface area (Å²) in [7, 11) is 0. The van der Waals surface area contributed by atoms with E-state index in [9.17, 15) is 0 Å². The Morgan fingerprint density at radius 3 is 2.75 bits per heavy atom. The Balaban J connectivity index is 1.66. The van der Waals surface area contributed by atoms with Crippen molar-refractivity contribution in [1.82, 2.24) is 5.06 Å². The SMILES string of the molecule is Clc1cccc(C2ON2C2CCCCC2)c1. The van der Waals surface area contributed by atoms with E-state index in [0.717, 1.165) is 5.02 Å². The third-order valence-electron chi connectivity index (χ3n) is 3.48. The number of halogens is 1. The van der Waals surface area contributed by atoms with Crippen molar-refractivity contribution in [3.63, 3.8) is 0 Å². The van der Waals surface area contributed by atoms with Crippen LogP contribution in [0.2, 0.25) is 5.02 Å². The predicted molar refractivity (Wildman–Crippen MR) is 64.0 cm³/mol. The van der Waals surface area contributed by atoms with Crippen LogP contribution in [0.25, 0.3) is 0 Å². The maximum Gasteiger partial charge on any atom is 0.180 e. The monoisotopic (exact) mass is 237 g/mol. The molecule has 2 nitrogen and oxygen atoms in total. The van der Waals surface area contributed by atoms with E-state index >= 15 is 0 Å². The molecule has 1 saturated carbocycles. The number of hydrogen-bond donors (Lipinski definition) is 0. The minimum Gasteiger partial charge on any atom is -0.270 e. The second kappa shape index (κ2) is 4.36. The normalized spacial score (nSPS) is 30.3. The zero-order chi connectivity index (χ0) is 11.0. The van der Waals surface area contributed by atoms with Gasteiger partial charge in [0.15, 0.2) is 6.23 Å². The highest BCUT2D eigenvalue weighted by Gasteiger charge is 2.43. The van der Waals surface area contributed by atoms with Crippen molar-refractivity contribution in [2.45, 2.75) is 44.4 Å². The first-order valence-corrected chi connectivity index (χ1v) is 6.43. The summed E-state index contributed by atoms with van der Waals surface area (Å²) in [5.41, 5.74) is 1.18. The lowest BCUT2D eigenvalue weighted by Gasteiger charge is -2.20. The van der Waals surface area contributed by atoms with Crippen LogP contribution in [0, 0.1) is 0 Å². The molecule has 3 rings (SSSR count). The Bertz CT molecular complexity index is 376. The van der Waals surface area contributed by atoms with Gasteiger partial charge >= 0.3 is 0 Å². The van der Waals surface area contributed by atoms with Gasteiger partial charge in [0.05, 0.1) is 0 Å². The fourth-order valence-electron chi connectivity index (χ4n) is 2.57. The molecule has 2 aliphatic rings. The van der Waals surface area contributed by atoms with Crippen LogP contribution < -0.4 is 0 Å². The van der Waals surface area contributed by atoms with E-state index in [1.165, 1.54) is 37.7 Å². The molecular weight excluding hydrogens is 222 g/mol. The molecule has 0 amide bonds. The van der Waals surface area contributed by atoms with E-state index in [2.05, 4.69) is 11.1 Å². The third kappa shape index (κ3) is 2.10. The average molecular weight is 238 g/mol. The molecule has 0 spiro atoms. The number of benzene rings is 1. The van der Waals surface area contributed by atoms with Gasteiger partial charge in [-0.25, -0.2) is 0 Å². The molecule has 0 N–H and O–H groups in total. The van der Waals surface area contributed by atoms with Crippen LogP contribution in [-0.2, 0) is 4.84 Å². The maximum absolute atomic E-state index is 5.98. The van der Waals surface area contributed by atoms with Crippen LogP contribution in [0.15, 0.2) is 24.3 Å². The van der Waals surface area contributed by atoms with Crippen LogP contribution in [0.1, 0.15) is 43.9 Å². The Morgan fingerprint density at radius 1 is 1.19 bits per heavy atom. The standard InChI is InChI=1S/C13H16ClNO/c14-11-6-4-5-10(9-11)13-15(16-13)12-7-2-1-3-8-12/h4-6,9,12-13H,1-3,7-8H2. The first-order chi connectivity index (χ1) is 7.84. The molecule has 2 atom stereocenters. The van der Waals surface area contributed by atoms with E-state index in [4.69, 9.17) is 16.4 Å². The molecule has 1 aromatic rings. The maximum atomic E-state index is 5.98. The van der Waals surface area contributed by atoms with Gasteiger partial charge in [-0.1, -0.05) is 43.0 Å². The first kappa shape index (κ1) is 10.6. The molecular formula is C13H16ClNO. The van der Waals surface area contributed by atoms with Gasteiger partial charge in [0, 0.05) is 16.6 Å². The smallest absolute Gasteiger partial charge is 0.180 e. The molecule has 86 valence electrons. The fourth-order valence-corrected chi connectivity index (χ4v) is 2.77. The number of rotatable bonds is 2. The first-order valence-electron chi connectivity index (χ1n) is 6.05. The fraction of sp³-hybridized carbons (Fsp3) is 0.538. The predicted octanol–water partition coefficient (Wildman–Crippen LogP) is 3.92. The highest BCUT2D eigenvalue weighted by molar-refractivity contribution is 6.30. The van der Waals surface area contributed by atoms with E-state index in [1.54, 1.807) is 0 Å². The van der Waals surface area contributed by atoms with Crippen molar-refractivity contribution < 1.29 is 4.84 Å². The van der Waals surface area contributed by atoms with E-state index < -0.39 is 0 Å². The van der Waals surface area contributed by atoms with Crippen LogP contribution >= 0.6 is 11.6 Å². The van der Waals surface area contributed by atoms with Gasteiger partial charge in [-0.05, 0) is 25.0 Å². The lowest BCUT2D eigenvalue weighted by molar-refractivity contribution is 0.119. The van der Waals surface area contributed by atoms with Crippen molar-refractivity contribution in [1.29, 1.82) is 0 Å². The van der Waals surface area contributed by atoms with Crippen LogP contribution in [0.3, 0.4) is 0 Å². The zero-order valence-electron chi connectivity index (χ0n) is 9.23. The molecule has 1 aromatic carbocycles. The Hall–Kier alpha value is -0.570. The number of hydrogen-bond acceptors (Lipinski definition) is 2. The van der Waals surface area contributed by atoms with Gasteiger partial charge < -0.3 is 0 Å². The molecule has 2 fully saturated rings. The molecule has 1 saturated heterocycles. The van der Waals surface area contributed by atoms with Crippen LogP contribution in [0.4, 0.5) is 0 Å². The zero-order valence-corrected chi connectivity index (χ0v) is 9.99. The Morgan fingerprint density at radius 2 is 2.00 bits per heavy atom. The minimum atomic E-state index is 0.154. The molecule has 2 unspecified atom stereocenters. The topological polar surface area (TPSA) is 15.5 Å². The van der Waals surface area contributed by atoms with Crippen molar-refractivity contribution in [2.24, 2.45) is 0 Å². The average Bonchev–Trinajstić information content (AvgIpc) is 3.10. The Labute approximate surface area is 101 Å². The van der Waals surface area contributed by atoms with Crippen molar-refractivity contribution in [3.8, 4) is 0 Å². The lowest BCUT2D eigenvalue weighted by Crippen LogP contribution is -2.21. The van der Waals surface area contributed by atoms with Crippen molar-refractivity contribution >= 4 is 11.6 Å². The molecule has 0 radical (unpaired) electrons. The molecule has 0 bridgehead atoms. The molecule has 3 heteroatoms. The summed E-state index contributed by atoms with van der Waals surface area (Å²) in [5.74, 6) is 0. The van der Waals surface area contributed by atoms with Gasteiger partial charge in [0.25, 0.3) is 0 Å². The summed E-state index contributed by atoms with van der Waals surface area (Å²) in [4.78, 5) is 5.67. The highest BCUT2D eigenvalue weighted by Crippen LogP contribution is 2.43. The third-order valence-corrected chi connectivity index (χ3v) is 3.71. The molecule has 1 heterocycles. The van der Waals surface area contributed by atoms with Gasteiger partial charge in [0.1, 0.15) is 0 Å². The quantitative estimate of drug-likeness (QED) is 0.725. The lowest BCUT2D eigenvalue weighted by atomic mass is 9.95. The summed E-state index contributed by atoms with van der Waals surface area (Å²) in [6.45, 7) is 0. The minimum absolute atomic E-state index is 0.154. The van der Waals surface area contributed by atoms with Crippen LogP contribution in [0.5, 0.6) is 0 Å². The van der Waals surface area contributed by atoms with Crippen LogP contribution in [-0.4, -0.2) is 11.1 Å². The van der Waals surface area contributed by atoms with Gasteiger partial charge in [-0.2, -0.15) is 0 Å². The van der Waals surface area contributed by atoms with E-state index in [1.807, 2.05) is 18.2 Å². The summed E-state index contributed by atoms with van der Waals surface area (Å²) < 4.78 is 0. The Kier molecular flexibility index (Phi) is 2.88. The molecule has 1 aliphatic carbocycles. The summed E-state index contributed by atoms with van der Waals surface area (Å²) >= 11 is 5.98. The van der Waals surface area contributed by atoms with E-state index in [-0.39, 0.29) is 6.23 Å². The summed E-state index contributed by atoms with van der Waals surface area (Å²) in [5, 5.41) is 2.93. The van der Waals surface area contributed by atoms with Crippen molar-refractivity contribution in [3.05, 3.63) is 34.9 Å². The van der Waals surface area contributed by atoms with Crippen molar-refractivity contribution in [2.75, 3.05) is 0 Å². The second-order valence-corrected chi connectivity index (χ2v) is 5.10. The largest absolute Gasteiger partial charge is 0.270 e. The number of hydroxylamine groups is 2. The van der Waals surface area contributed by atoms with Gasteiger partial charge in [-0.15, -0.1) is 5.06 Å².